The van der Waals surface area contributed by atoms with E-state index in [1.807, 2.05) is 24.3 Å². The van der Waals surface area contributed by atoms with Crippen molar-refractivity contribution in [1.82, 2.24) is 4.90 Å². The Morgan fingerprint density at radius 1 is 1.47 bits per heavy atom. The topological polar surface area (TPSA) is 3.24 Å². The molecular weight excluding hydrogens is 229 g/mol. The van der Waals surface area contributed by atoms with E-state index in [0.29, 0.717) is 0 Å². The predicted molar refractivity (Wildman–Crippen MR) is 65.7 cm³/mol. The van der Waals surface area contributed by atoms with Gasteiger partial charge in [-0.15, -0.1) is 11.6 Å². The molecule has 15 heavy (non-hydrogen) atoms. The molecule has 0 spiro atoms. The minimum Gasteiger partial charge on any atom is -0.302 e. The van der Waals surface area contributed by atoms with Crippen molar-refractivity contribution < 1.29 is 0 Å². The van der Waals surface area contributed by atoms with Crippen LogP contribution in [0.1, 0.15) is 23.8 Å². The molecule has 3 heteroatoms. The lowest BCUT2D eigenvalue weighted by Crippen LogP contribution is -2.24. The van der Waals surface area contributed by atoms with Crippen LogP contribution in [0.15, 0.2) is 24.3 Å². The second-order valence-electron chi connectivity index (χ2n) is 4.19. The zero-order valence-electron chi connectivity index (χ0n) is 8.79. The van der Waals surface area contributed by atoms with Gasteiger partial charge < -0.3 is 4.90 Å². The maximum Gasteiger partial charge on any atom is 0.0712 e. The monoisotopic (exact) mass is 243 g/mol. The summed E-state index contributed by atoms with van der Waals surface area (Å²) in [7, 11) is 2.14. The van der Waals surface area contributed by atoms with Crippen LogP contribution in [0.25, 0.3) is 0 Å². The molecule has 1 fully saturated rings. The van der Waals surface area contributed by atoms with Gasteiger partial charge in [-0.05, 0) is 37.6 Å². The number of likely N-dealkylation sites (N-methyl/N-ethyl adjacent to an activating group) is 1. The Balaban J connectivity index is 1.97. The molecule has 0 radical (unpaired) electrons. The summed E-state index contributed by atoms with van der Waals surface area (Å²) < 4.78 is 0. The van der Waals surface area contributed by atoms with E-state index in [1.54, 1.807) is 0 Å². The predicted octanol–water partition coefficient (Wildman–Crippen LogP) is 3.71. The van der Waals surface area contributed by atoms with E-state index in [0.717, 1.165) is 23.2 Å². The Hall–Kier alpha value is -0.240. The summed E-state index contributed by atoms with van der Waals surface area (Å²) >= 11 is 12.3. The van der Waals surface area contributed by atoms with Crippen LogP contribution in [0, 0.1) is 0 Å². The molecule has 2 rings (SSSR count). The second kappa shape index (κ2) is 4.73. The minimum absolute atomic E-state index is 0.0364. The third kappa shape index (κ3) is 3.10. The first kappa shape index (κ1) is 11.3. The van der Waals surface area contributed by atoms with Crippen molar-refractivity contribution in [3.05, 3.63) is 34.9 Å². The largest absolute Gasteiger partial charge is 0.302 e. The Labute approximate surface area is 101 Å². The average molecular weight is 244 g/mol. The smallest absolute Gasteiger partial charge is 0.0712 e. The van der Waals surface area contributed by atoms with Gasteiger partial charge in [0.15, 0.2) is 0 Å². The number of hydrogen-bond donors (Lipinski definition) is 0. The lowest BCUT2D eigenvalue weighted by atomic mass is 10.1. The summed E-state index contributed by atoms with van der Waals surface area (Å²) in [6, 6.07) is 8.55. The molecule has 1 saturated carbocycles. The van der Waals surface area contributed by atoms with Crippen molar-refractivity contribution >= 4 is 23.2 Å². The normalized spacial score (nSPS) is 18.1. The fraction of sp³-hybridized carbons (Fsp3) is 0.500. The van der Waals surface area contributed by atoms with Gasteiger partial charge >= 0.3 is 0 Å². The molecule has 1 aliphatic carbocycles. The molecule has 1 aromatic carbocycles. The first-order chi connectivity index (χ1) is 7.16. The Morgan fingerprint density at radius 2 is 2.20 bits per heavy atom. The van der Waals surface area contributed by atoms with Crippen molar-refractivity contribution in [3.8, 4) is 0 Å². The number of benzene rings is 1. The highest BCUT2D eigenvalue weighted by Gasteiger charge is 2.27. The van der Waals surface area contributed by atoms with Crippen LogP contribution in [-0.4, -0.2) is 24.5 Å². The Kier molecular flexibility index (Phi) is 3.55. The van der Waals surface area contributed by atoms with Crippen molar-refractivity contribution in [3.63, 3.8) is 0 Å². The third-order valence-electron chi connectivity index (χ3n) is 2.83. The second-order valence-corrected chi connectivity index (χ2v) is 5.16. The van der Waals surface area contributed by atoms with Gasteiger partial charge in [0.25, 0.3) is 0 Å². The molecule has 0 saturated heterocycles. The van der Waals surface area contributed by atoms with Gasteiger partial charge in [0.2, 0.25) is 0 Å². The fourth-order valence-corrected chi connectivity index (χ4v) is 2.28. The maximum atomic E-state index is 6.34. The summed E-state index contributed by atoms with van der Waals surface area (Å²) in [5.74, 6) is 0. The van der Waals surface area contributed by atoms with Gasteiger partial charge in [-0.1, -0.05) is 23.7 Å². The first-order valence-electron chi connectivity index (χ1n) is 5.26. The van der Waals surface area contributed by atoms with E-state index in [4.69, 9.17) is 23.2 Å². The highest BCUT2D eigenvalue weighted by Crippen LogP contribution is 2.30. The van der Waals surface area contributed by atoms with E-state index in [2.05, 4.69) is 11.9 Å². The van der Waals surface area contributed by atoms with E-state index in [1.165, 1.54) is 12.8 Å². The molecule has 1 nitrogen and oxygen atoms in total. The number of rotatable bonds is 4. The van der Waals surface area contributed by atoms with Gasteiger partial charge in [0.1, 0.15) is 0 Å². The van der Waals surface area contributed by atoms with E-state index >= 15 is 0 Å². The fourth-order valence-electron chi connectivity index (χ4n) is 1.72. The molecule has 0 N–H and O–H groups in total. The molecule has 1 unspecified atom stereocenters. The SMILES string of the molecule is CN(CC(Cl)c1cccc(Cl)c1)C1CC1. The van der Waals surface area contributed by atoms with E-state index < -0.39 is 0 Å². The molecule has 1 aromatic rings. The van der Waals surface area contributed by atoms with Gasteiger partial charge in [0, 0.05) is 17.6 Å². The zero-order valence-corrected chi connectivity index (χ0v) is 10.3. The molecular formula is C12H15Cl2N. The highest BCUT2D eigenvalue weighted by molar-refractivity contribution is 6.30. The molecule has 0 aliphatic heterocycles. The summed E-state index contributed by atoms with van der Waals surface area (Å²) in [4.78, 5) is 2.33. The van der Waals surface area contributed by atoms with Gasteiger partial charge in [0.05, 0.1) is 5.38 Å². The van der Waals surface area contributed by atoms with Crippen molar-refractivity contribution in [2.45, 2.75) is 24.3 Å². The van der Waals surface area contributed by atoms with Crippen LogP contribution < -0.4 is 0 Å². The van der Waals surface area contributed by atoms with Crippen LogP contribution in [0.5, 0.6) is 0 Å². The first-order valence-corrected chi connectivity index (χ1v) is 6.08. The molecule has 0 heterocycles. The molecule has 1 atom stereocenters. The summed E-state index contributed by atoms with van der Waals surface area (Å²) in [6.07, 6.45) is 2.63. The number of alkyl halides is 1. The van der Waals surface area contributed by atoms with Gasteiger partial charge in [-0.2, -0.15) is 0 Å². The standard InChI is InChI=1S/C12H15Cl2N/c1-15(11-5-6-11)8-12(14)9-3-2-4-10(13)7-9/h2-4,7,11-12H,5-6,8H2,1H3. The quantitative estimate of drug-likeness (QED) is 0.729. The molecule has 82 valence electrons. The molecule has 0 bridgehead atoms. The highest BCUT2D eigenvalue weighted by atomic mass is 35.5. The average Bonchev–Trinajstić information content (AvgIpc) is 3.00. The van der Waals surface area contributed by atoms with Crippen molar-refractivity contribution in [2.24, 2.45) is 0 Å². The van der Waals surface area contributed by atoms with Crippen molar-refractivity contribution in [1.29, 1.82) is 0 Å². The van der Waals surface area contributed by atoms with Crippen LogP contribution in [-0.2, 0) is 0 Å². The molecule has 0 amide bonds. The lowest BCUT2D eigenvalue weighted by Gasteiger charge is -2.19. The van der Waals surface area contributed by atoms with Crippen LogP contribution in [0.4, 0.5) is 0 Å². The number of halogens is 2. The lowest BCUT2D eigenvalue weighted by molar-refractivity contribution is 0.324. The molecule has 1 aliphatic rings. The van der Waals surface area contributed by atoms with Crippen LogP contribution in [0.2, 0.25) is 5.02 Å². The molecule has 0 aromatic heterocycles. The van der Waals surface area contributed by atoms with E-state index in [-0.39, 0.29) is 5.38 Å². The van der Waals surface area contributed by atoms with E-state index in [9.17, 15) is 0 Å². The summed E-state index contributed by atoms with van der Waals surface area (Å²) in [6.45, 7) is 0.895. The van der Waals surface area contributed by atoms with Crippen molar-refractivity contribution in [2.75, 3.05) is 13.6 Å². The Bertz CT molecular complexity index is 336. The Morgan fingerprint density at radius 3 is 2.80 bits per heavy atom. The summed E-state index contributed by atoms with van der Waals surface area (Å²) in [5.41, 5.74) is 1.11. The minimum atomic E-state index is 0.0364. The zero-order chi connectivity index (χ0) is 10.8. The summed E-state index contributed by atoms with van der Waals surface area (Å²) in [5, 5.41) is 0.793. The van der Waals surface area contributed by atoms with Gasteiger partial charge in [-0.25, -0.2) is 0 Å². The third-order valence-corrected chi connectivity index (χ3v) is 3.45. The maximum absolute atomic E-state index is 6.34. The number of hydrogen-bond acceptors (Lipinski definition) is 1. The number of nitrogens with zero attached hydrogens (tertiary/aromatic N) is 1. The van der Waals surface area contributed by atoms with Crippen LogP contribution in [0.3, 0.4) is 0 Å². The van der Waals surface area contributed by atoms with Crippen LogP contribution >= 0.6 is 23.2 Å². The van der Waals surface area contributed by atoms with Gasteiger partial charge in [-0.3, -0.25) is 0 Å².